The standard InChI is InChI=1S/C12H14O4/c13-9-4-1-3-8(11(9)16)12(5-2-6-12)7-10(14)15/h1,3-4,13,16H,2,5-7H2,(H,14,15). The Morgan fingerprint density at radius 3 is 2.50 bits per heavy atom. The van der Waals surface area contributed by atoms with E-state index in [1.807, 2.05) is 0 Å². The number of aromatic hydroxyl groups is 2. The lowest BCUT2D eigenvalue weighted by Crippen LogP contribution is -2.36. The molecule has 0 unspecified atom stereocenters. The third-order valence-electron chi connectivity index (χ3n) is 3.39. The van der Waals surface area contributed by atoms with Gasteiger partial charge in [-0.3, -0.25) is 4.79 Å². The Balaban J connectivity index is 2.40. The minimum Gasteiger partial charge on any atom is -0.504 e. The first-order valence-electron chi connectivity index (χ1n) is 5.28. The number of carbonyl (C=O) groups is 1. The summed E-state index contributed by atoms with van der Waals surface area (Å²) in [5.74, 6) is -1.24. The van der Waals surface area contributed by atoms with Gasteiger partial charge in [0.25, 0.3) is 0 Å². The van der Waals surface area contributed by atoms with E-state index in [0.29, 0.717) is 5.56 Å². The van der Waals surface area contributed by atoms with E-state index in [4.69, 9.17) is 5.11 Å². The van der Waals surface area contributed by atoms with Gasteiger partial charge in [0.2, 0.25) is 0 Å². The Hall–Kier alpha value is -1.71. The summed E-state index contributed by atoms with van der Waals surface area (Å²) < 4.78 is 0. The van der Waals surface area contributed by atoms with Gasteiger partial charge in [0.05, 0.1) is 6.42 Å². The van der Waals surface area contributed by atoms with Crippen molar-refractivity contribution >= 4 is 5.97 Å². The van der Waals surface area contributed by atoms with Gasteiger partial charge in [0, 0.05) is 11.0 Å². The molecule has 2 rings (SSSR count). The van der Waals surface area contributed by atoms with Gasteiger partial charge >= 0.3 is 5.97 Å². The molecule has 0 spiro atoms. The second-order valence-corrected chi connectivity index (χ2v) is 4.38. The molecule has 3 N–H and O–H groups in total. The van der Waals surface area contributed by atoms with E-state index in [2.05, 4.69) is 0 Å². The summed E-state index contributed by atoms with van der Waals surface area (Å²) in [5.41, 5.74) is 0.0652. The molecule has 0 saturated heterocycles. The molecule has 1 fully saturated rings. The number of benzene rings is 1. The molecule has 0 bridgehead atoms. The van der Waals surface area contributed by atoms with Crippen molar-refractivity contribution in [2.45, 2.75) is 31.1 Å². The average Bonchev–Trinajstić information content (AvgIpc) is 2.16. The maximum absolute atomic E-state index is 10.8. The van der Waals surface area contributed by atoms with Crippen LogP contribution < -0.4 is 0 Å². The van der Waals surface area contributed by atoms with Crippen molar-refractivity contribution in [3.05, 3.63) is 23.8 Å². The zero-order chi connectivity index (χ0) is 11.8. The van der Waals surface area contributed by atoms with Gasteiger partial charge in [-0.25, -0.2) is 0 Å². The van der Waals surface area contributed by atoms with Gasteiger partial charge in [0.1, 0.15) is 0 Å². The highest BCUT2D eigenvalue weighted by atomic mass is 16.4. The van der Waals surface area contributed by atoms with Crippen LogP contribution in [0.3, 0.4) is 0 Å². The third-order valence-corrected chi connectivity index (χ3v) is 3.39. The van der Waals surface area contributed by atoms with Crippen LogP contribution in [0.25, 0.3) is 0 Å². The molecule has 4 nitrogen and oxygen atoms in total. The third kappa shape index (κ3) is 1.60. The van der Waals surface area contributed by atoms with Crippen molar-refractivity contribution in [1.82, 2.24) is 0 Å². The van der Waals surface area contributed by atoms with E-state index in [9.17, 15) is 15.0 Å². The molecule has 1 aromatic rings. The Morgan fingerprint density at radius 2 is 2.00 bits per heavy atom. The first kappa shape index (κ1) is 10.8. The van der Waals surface area contributed by atoms with E-state index in [1.54, 1.807) is 12.1 Å². The van der Waals surface area contributed by atoms with Crippen molar-refractivity contribution in [1.29, 1.82) is 0 Å². The number of hydrogen-bond acceptors (Lipinski definition) is 3. The summed E-state index contributed by atoms with van der Waals surface area (Å²) >= 11 is 0. The summed E-state index contributed by atoms with van der Waals surface area (Å²) in [5, 5.41) is 28.1. The van der Waals surface area contributed by atoms with Crippen molar-refractivity contribution in [2.24, 2.45) is 0 Å². The lowest BCUT2D eigenvalue weighted by molar-refractivity contribution is -0.139. The molecule has 4 heteroatoms. The normalized spacial score (nSPS) is 17.8. The largest absolute Gasteiger partial charge is 0.504 e. The Labute approximate surface area is 93.2 Å². The quantitative estimate of drug-likeness (QED) is 0.683. The van der Waals surface area contributed by atoms with E-state index in [0.717, 1.165) is 19.3 Å². The lowest BCUT2D eigenvalue weighted by Gasteiger charge is -2.41. The van der Waals surface area contributed by atoms with E-state index in [1.165, 1.54) is 6.07 Å². The molecule has 0 aliphatic heterocycles. The molecule has 16 heavy (non-hydrogen) atoms. The summed E-state index contributed by atoms with van der Waals surface area (Å²) in [4.78, 5) is 10.8. The van der Waals surface area contributed by atoms with Crippen LogP contribution in [0.15, 0.2) is 18.2 Å². The Bertz CT molecular complexity index is 421. The molecular formula is C12H14O4. The minimum absolute atomic E-state index is 0.00398. The highest BCUT2D eigenvalue weighted by Gasteiger charge is 2.42. The molecule has 1 aromatic carbocycles. The van der Waals surface area contributed by atoms with Gasteiger partial charge in [-0.1, -0.05) is 18.6 Å². The predicted molar refractivity (Wildman–Crippen MR) is 57.6 cm³/mol. The highest BCUT2D eigenvalue weighted by molar-refractivity contribution is 5.70. The Kier molecular flexibility index (Phi) is 2.50. The fourth-order valence-corrected chi connectivity index (χ4v) is 2.39. The summed E-state index contributed by atoms with van der Waals surface area (Å²) in [6, 6.07) is 4.72. The number of phenolic OH excluding ortho intramolecular Hbond substituents is 2. The van der Waals surface area contributed by atoms with Gasteiger partial charge < -0.3 is 15.3 Å². The number of carboxylic acid groups (broad SMARTS) is 1. The fourth-order valence-electron chi connectivity index (χ4n) is 2.39. The van der Waals surface area contributed by atoms with Crippen LogP contribution in [0.5, 0.6) is 11.5 Å². The topological polar surface area (TPSA) is 77.8 Å². The molecule has 0 aromatic heterocycles. The van der Waals surface area contributed by atoms with Crippen LogP contribution in [-0.2, 0) is 10.2 Å². The first-order valence-corrected chi connectivity index (χ1v) is 5.28. The number of rotatable bonds is 3. The van der Waals surface area contributed by atoms with Crippen LogP contribution in [0.2, 0.25) is 0 Å². The second kappa shape index (κ2) is 3.70. The van der Waals surface area contributed by atoms with E-state index >= 15 is 0 Å². The van der Waals surface area contributed by atoms with Crippen molar-refractivity contribution < 1.29 is 20.1 Å². The zero-order valence-electron chi connectivity index (χ0n) is 8.81. The maximum Gasteiger partial charge on any atom is 0.304 e. The summed E-state index contributed by atoms with van der Waals surface area (Å²) in [6.07, 6.45) is 2.46. The molecule has 0 atom stereocenters. The van der Waals surface area contributed by atoms with Gasteiger partial charge in [-0.15, -0.1) is 0 Å². The van der Waals surface area contributed by atoms with E-state index in [-0.39, 0.29) is 17.9 Å². The number of para-hydroxylation sites is 1. The second-order valence-electron chi connectivity index (χ2n) is 4.38. The number of carboxylic acids is 1. The van der Waals surface area contributed by atoms with Crippen molar-refractivity contribution in [3.8, 4) is 11.5 Å². The van der Waals surface area contributed by atoms with Gasteiger partial charge in [-0.05, 0) is 18.9 Å². The van der Waals surface area contributed by atoms with Gasteiger partial charge in [0.15, 0.2) is 11.5 Å². The molecule has 1 aliphatic carbocycles. The van der Waals surface area contributed by atoms with Crippen LogP contribution in [-0.4, -0.2) is 21.3 Å². The minimum atomic E-state index is -0.873. The molecule has 0 amide bonds. The maximum atomic E-state index is 10.8. The number of phenols is 2. The molecule has 1 aliphatic rings. The zero-order valence-corrected chi connectivity index (χ0v) is 8.81. The summed E-state index contributed by atoms with van der Waals surface area (Å²) in [7, 11) is 0. The van der Waals surface area contributed by atoms with Crippen LogP contribution in [0, 0.1) is 0 Å². The molecule has 86 valence electrons. The van der Waals surface area contributed by atoms with Crippen LogP contribution in [0.1, 0.15) is 31.2 Å². The van der Waals surface area contributed by atoms with Crippen molar-refractivity contribution in [3.63, 3.8) is 0 Å². The molecule has 0 radical (unpaired) electrons. The molecular weight excluding hydrogens is 208 g/mol. The summed E-state index contributed by atoms with van der Waals surface area (Å²) in [6.45, 7) is 0. The smallest absolute Gasteiger partial charge is 0.304 e. The van der Waals surface area contributed by atoms with E-state index < -0.39 is 11.4 Å². The first-order chi connectivity index (χ1) is 7.55. The van der Waals surface area contributed by atoms with Crippen molar-refractivity contribution in [2.75, 3.05) is 0 Å². The SMILES string of the molecule is O=C(O)CC1(c2cccc(O)c2O)CCC1. The highest BCUT2D eigenvalue weighted by Crippen LogP contribution is 2.50. The number of hydrogen-bond donors (Lipinski definition) is 3. The van der Waals surface area contributed by atoms with Crippen LogP contribution in [0.4, 0.5) is 0 Å². The fraction of sp³-hybridized carbons (Fsp3) is 0.417. The lowest BCUT2D eigenvalue weighted by atomic mass is 9.62. The van der Waals surface area contributed by atoms with Gasteiger partial charge in [-0.2, -0.15) is 0 Å². The Morgan fingerprint density at radius 1 is 1.31 bits per heavy atom. The molecule has 0 heterocycles. The van der Waals surface area contributed by atoms with Crippen LogP contribution >= 0.6 is 0 Å². The molecule has 1 saturated carbocycles. The average molecular weight is 222 g/mol. The monoisotopic (exact) mass is 222 g/mol. The number of aliphatic carboxylic acids is 1. The predicted octanol–water partition coefficient (Wildman–Crippen LogP) is 1.99.